The van der Waals surface area contributed by atoms with Crippen LogP contribution in [0.1, 0.15) is 57.2 Å². The molecule has 0 fully saturated rings. The molecule has 2 atom stereocenters. The number of ether oxygens (including phenoxy) is 2. The molecule has 0 aliphatic heterocycles. The van der Waals surface area contributed by atoms with Crippen molar-refractivity contribution in [2.45, 2.75) is 53.6 Å². The molecule has 5 nitrogen and oxygen atoms in total. The fourth-order valence-corrected chi connectivity index (χ4v) is 5.71. The molecule has 0 spiro atoms. The van der Waals surface area contributed by atoms with Gasteiger partial charge < -0.3 is 14.0 Å². The van der Waals surface area contributed by atoms with E-state index in [1.807, 2.05) is 31.2 Å². The number of aromatic nitrogens is 2. The zero-order chi connectivity index (χ0) is 26.3. The first-order valence-electron chi connectivity index (χ1n) is 12.3. The van der Waals surface area contributed by atoms with Crippen LogP contribution in [0.3, 0.4) is 0 Å². The molecule has 1 aromatic carbocycles. The van der Waals surface area contributed by atoms with Gasteiger partial charge >= 0.3 is 0 Å². The van der Waals surface area contributed by atoms with Crippen molar-refractivity contribution >= 4 is 8.15 Å². The summed E-state index contributed by atoms with van der Waals surface area (Å²) in [5, 5.41) is 0. The third-order valence-corrected chi connectivity index (χ3v) is 7.58. The molecule has 0 radical (unpaired) electrons. The summed E-state index contributed by atoms with van der Waals surface area (Å²) in [5.41, 5.74) is 4.60. The van der Waals surface area contributed by atoms with E-state index >= 15 is 0 Å². The molecule has 0 saturated heterocycles. The third-order valence-electron chi connectivity index (χ3n) is 5.82. The number of methoxy groups -OCH3 is 1. The van der Waals surface area contributed by atoms with Crippen LogP contribution in [-0.4, -0.2) is 36.5 Å². The lowest BCUT2D eigenvalue weighted by Gasteiger charge is -2.22. The largest absolute Gasteiger partial charge is 0.481 e. The molecule has 0 aliphatic carbocycles. The molecule has 2 unspecified atom stereocenters. The lowest BCUT2D eigenvalue weighted by molar-refractivity contribution is 0.293. The molecule has 3 rings (SSSR count). The Morgan fingerprint density at radius 1 is 1.03 bits per heavy atom. The van der Waals surface area contributed by atoms with Gasteiger partial charge in [-0.25, -0.2) is 14.4 Å². The number of pyridine rings is 2. The maximum atomic E-state index is 14.7. The van der Waals surface area contributed by atoms with Gasteiger partial charge in [-0.05, 0) is 65.8 Å². The fourth-order valence-electron chi connectivity index (χ4n) is 4.19. The van der Waals surface area contributed by atoms with Crippen molar-refractivity contribution in [1.82, 2.24) is 9.97 Å². The molecule has 0 amide bonds. The Bertz CT molecular complexity index is 1150. The Morgan fingerprint density at radius 2 is 1.81 bits per heavy atom. The summed E-state index contributed by atoms with van der Waals surface area (Å²) in [7, 11) is 1.09. The molecule has 0 aliphatic rings. The lowest BCUT2D eigenvalue weighted by Crippen LogP contribution is -2.11. The Morgan fingerprint density at radius 3 is 2.50 bits per heavy atom. The predicted octanol–water partition coefficient (Wildman–Crippen LogP) is 7.63. The van der Waals surface area contributed by atoms with Gasteiger partial charge in [0.2, 0.25) is 11.8 Å². The number of halogens is 1. The Kier molecular flexibility index (Phi) is 9.81. The highest BCUT2D eigenvalue weighted by molar-refractivity contribution is 7.51. The van der Waals surface area contributed by atoms with Gasteiger partial charge in [-0.15, -0.1) is 0 Å². The first-order valence-corrected chi connectivity index (χ1v) is 14.2. The molecule has 0 N–H and O–H groups in total. The maximum Gasteiger partial charge on any atom is 0.213 e. The van der Waals surface area contributed by atoms with Crippen molar-refractivity contribution in [3.63, 3.8) is 0 Å². The lowest BCUT2D eigenvalue weighted by atomic mass is 9.84. The smallest absolute Gasteiger partial charge is 0.213 e. The highest BCUT2D eigenvalue weighted by atomic mass is 31.1. The first kappa shape index (κ1) is 28.0. The summed E-state index contributed by atoms with van der Waals surface area (Å²) in [6.07, 6.45) is 4.79. The van der Waals surface area contributed by atoms with E-state index in [-0.39, 0.29) is 11.2 Å². The van der Waals surface area contributed by atoms with E-state index in [1.54, 1.807) is 12.3 Å². The van der Waals surface area contributed by atoms with Crippen molar-refractivity contribution in [3.05, 3.63) is 71.3 Å². The van der Waals surface area contributed by atoms with Gasteiger partial charge in [-0.2, -0.15) is 0 Å². The van der Waals surface area contributed by atoms with Crippen molar-refractivity contribution in [2.75, 3.05) is 26.5 Å². The van der Waals surface area contributed by atoms with Gasteiger partial charge in [0.1, 0.15) is 12.4 Å². The molecule has 7 heteroatoms. The fraction of sp³-hybridized carbons (Fsp3) is 0.448. The standard InChI is InChI=1S/C29H38FN2O3P/c1-8-35-36(7)19-20(2)22-11-12-31-28(14-22)34-18-21-9-10-24(23(13-21)16-29(3,4)5)25-15-27(33-6)32-17-26(25)30/h9-15,17,20H,8,16,18-19H2,1-7H3. The predicted molar refractivity (Wildman–Crippen MR) is 146 cm³/mol. The summed E-state index contributed by atoms with van der Waals surface area (Å²) in [4.78, 5) is 8.39. The molecule has 2 heterocycles. The SMILES string of the molecule is CCOP(C)CC(C)c1ccnc(OCc2ccc(-c3cc(OC)ncc3F)c(CC(C)(C)C)c2)c1. The van der Waals surface area contributed by atoms with Crippen molar-refractivity contribution < 1.29 is 18.4 Å². The monoisotopic (exact) mass is 512 g/mol. The summed E-state index contributed by atoms with van der Waals surface area (Å²) in [6, 6.07) is 11.7. The molecule has 2 aromatic heterocycles. The Labute approximate surface area is 216 Å². The third kappa shape index (κ3) is 7.97. The summed E-state index contributed by atoms with van der Waals surface area (Å²) >= 11 is 0. The van der Waals surface area contributed by atoms with Crippen molar-refractivity contribution in [1.29, 1.82) is 0 Å². The molecule has 36 heavy (non-hydrogen) atoms. The minimum atomic E-state index is -0.441. The zero-order valence-corrected chi connectivity index (χ0v) is 23.4. The van der Waals surface area contributed by atoms with E-state index in [0.29, 0.717) is 29.8 Å². The number of benzene rings is 1. The second-order valence-corrected chi connectivity index (χ2v) is 12.2. The number of hydrogen-bond acceptors (Lipinski definition) is 5. The molecule has 0 saturated carbocycles. The Hall–Kier alpha value is -2.56. The Balaban J connectivity index is 1.81. The quantitative estimate of drug-likeness (QED) is 0.247. The van der Waals surface area contributed by atoms with Crippen molar-refractivity contribution in [2.24, 2.45) is 5.41 Å². The van der Waals surface area contributed by atoms with E-state index in [1.165, 1.54) is 18.9 Å². The zero-order valence-electron chi connectivity index (χ0n) is 22.5. The van der Waals surface area contributed by atoms with E-state index < -0.39 is 8.15 Å². The van der Waals surface area contributed by atoms with E-state index in [4.69, 9.17) is 14.0 Å². The second-order valence-electron chi connectivity index (χ2n) is 10.3. The average Bonchev–Trinajstić information content (AvgIpc) is 2.83. The van der Waals surface area contributed by atoms with Crippen LogP contribution in [0.25, 0.3) is 11.1 Å². The van der Waals surface area contributed by atoms with Crippen LogP contribution in [0.4, 0.5) is 4.39 Å². The molecule has 194 valence electrons. The van der Waals surface area contributed by atoms with Gasteiger partial charge in [-0.3, -0.25) is 0 Å². The van der Waals surface area contributed by atoms with Gasteiger partial charge in [0, 0.05) is 38.6 Å². The average molecular weight is 513 g/mol. The topological polar surface area (TPSA) is 53.5 Å². The molecule has 3 aromatic rings. The highest BCUT2D eigenvalue weighted by Gasteiger charge is 2.19. The van der Waals surface area contributed by atoms with Crippen LogP contribution in [0.15, 0.2) is 48.8 Å². The van der Waals surface area contributed by atoms with Gasteiger partial charge in [0.15, 0.2) is 0 Å². The van der Waals surface area contributed by atoms with Crippen LogP contribution in [0, 0.1) is 11.2 Å². The van der Waals surface area contributed by atoms with E-state index in [2.05, 4.69) is 50.4 Å². The van der Waals surface area contributed by atoms with Crippen LogP contribution in [0.2, 0.25) is 0 Å². The number of rotatable bonds is 11. The van der Waals surface area contributed by atoms with E-state index in [9.17, 15) is 4.39 Å². The second kappa shape index (κ2) is 12.6. The van der Waals surface area contributed by atoms with Crippen LogP contribution < -0.4 is 9.47 Å². The van der Waals surface area contributed by atoms with Crippen molar-refractivity contribution in [3.8, 4) is 22.9 Å². The minimum Gasteiger partial charge on any atom is -0.481 e. The maximum absolute atomic E-state index is 14.7. The first-order chi connectivity index (χ1) is 17.1. The summed E-state index contributed by atoms with van der Waals surface area (Å²) in [6.45, 7) is 14.1. The van der Waals surface area contributed by atoms with Crippen LogP contribution in [-0.2, 0) is 17.6 Å². The summed E-state index contributed by atoms with van der Waals surface area (Å²) in [5.74, 6) is 0.980. The number of hydrogen-bond donors (Lipinski definition) is 0. The number of nitrogens with zero attached hydrogens (tertiary/aromatic N) is 2. The summed E-state index contributed by atoms with van der Waals surface area (Å²) < 4.78 is 31.8. The minimum absolute atomic E-state index is 0.0218. The molecular formula is C29H38FN2O3P. The van der Waals surface area contributed by atoms with Gasteiger partial charge in [0.05, 0.1) is 13.3 Å². The van der Waals surface area contributed by atoms with Gasteiger partial charge in [-0.1, -0.05) is 45.9 Å². The van der Waals surface area contributed by atoms with E-state index in [0.717, 1.165) is 35.9 Å². The van der Waals surface area contributed by atoms with Crippen LogP contribution >= 0.6 is 8.15 Å². The van der Waals surface area contributed by atoms with Crippen LogP contribution in [0.5, 0.6) is 11.8 Å². The highest BCUT2D eigenvalue weighted by Crippen LogP contribution is 2.38. The van der Waals surface area contributed by atoms with Gasteiger partial charge in [0.25, 0.3) is 0 Å². The molecular weight excluding hydrogens is 474 g/mol. The molecule has 0 bridgehead atoms. The normalized spacial score (nSPS) is 13.3.